The van der Waals surface area contributed by atoms with Crippen LogP contribution in [0.5, 0.6) is 0 Å². The molecule has 0 radical (unpaired) electrons. The summed E-state index contributed by atoms with van der Waals surface area (Å²) >= 11 is 0. The van der Waals surface area contributed by atoms with Crippen LogP contribution >= 0.6 is 0 Å². The van der Waals surface area contributed by atoms with E-state index < -0.39 is 5.54 Å². The molecule has 6 heteroatoms. The lowest BCUT2D eigenvalue weighted by molar-refractivity contribution is -0.151. The number of imide groups is 1. The van der Waals surface area contributed by atoms with E-state index in [1.54, 1.807) is 7.05 Å². The second-order valence-electron chi connectivity index (χ2n) is 7.91. The number of hydrogen-bond donors (Lipinski definition) is 0. The number of rotatable bonds is 2. The number of carbonyl (C=O) groups is 3. The molecule has 2 heterocycles. The van der Waals surface area contributed by atoms with E-state index in [2.05, 4.69) is 0 Å². The van der Waals surface area contributed by atoms with Gasteiger partial charge in [0.15, 0.2) is 0 Å². The van der Waals surface area contributed by atoms with Crippen molar-refractivity contribution in [2.75, 3.05) is 26.8 Å². The summed E-state index contributed by atoms with van der Waals surface area (Å²) in [5.41, 5.74) is -0.547. The lowest BCUT2D eigenvalue weighted by Crippen LogP contribution is -2.64. The van der Waals surface area contributed by atoms with Gasteiger partial charge in [-0.05, 0) is 37.5 Å². The molecular weight excluding hydrogens is 296 g/mol. The maximum atomic E-state index is 12.8. The predicted molar refractivity (Wildman–Crippen MR) is 81.7 cm³/mol. The number of amides is 3. The lowest BCUT2D eigenvalue weighted by atomic mass is 9.51. The van der Waals surface area contributed by atoms with Gasteiger partial charge in [-0.25, -0.2) is 4.79 Å². The third-order valence-electron chi connectivity index (χ3n) is 6.41. The minimum absolute atomic E-state index is 0.0519. The highest BCUT2D eigenvalue weighted by Crippen LogP contribution is 2.60. The zero-order valence-electron chi connectivity index (χ0n) is 13.7. The second-order valence-corrected chi connectivity index (χ2v) is 7.91. The first-order valence-electron chi connectivity index (χ1n) is 8.65. The van der Waals surface area contributed by atoms with Crippen LogP contribution in [0.15, 0.2) is 0 Å². The van der Waals surface area contributed by atoms with Gasteiger partial charge in [0.1, 0.15) is 11.3 Å². The Morgan fingerprint density at radius 3 is 2.48 bits per heavy atom. The van der Waals surface area contributed by atoms with E-state index in [1.165, 1.54) is 4.90 Å². The number of carbonyl (C=O) groups excluding carboxylic acids is 3. The van der Waals surface area contributed by atoms with Crippen molar-refractivity contribution in [2.45, 2.75) is 50.5 Å². The van der Waals surface area contributed by atoms with E-state index >= 15 is 0 Å². The number of hydrogen-bond acceptors (Lipinski definition) is 4. The van der Waals surface area contributed by atoms with Gasteiger partial charge in [-0.15, -0.1) is 0 Å². The molecule has 0 unspecified atom stereocenters. The van der Waals surface area contributed by atoms with Crippen molar-refractivity contribution >= 4 is 17.7 Å². The number of ether oxygens (including phenoxy) is 1. The second kappa shape index (κ2) is 5.03. The summed E-state index contributed by atoms with van der Waals surface area (Å²) in [6, 6.07) is -0.163. The van der Waals surface area contributed by atoms with Crippen LogP contribution < -0.4 is 0 Å². The molecule has 0 bridgehead atoms. The molecule has 23 heavy (non-hydrogen) atoms. The summed E-state index contributed by atoms with van der Waals surface area (Å²) in [6.07, 6.45) is 5.43. The predicted octanol–water partition coefficient (Wildman–Crippen LogP) is 1.58. The Bertz CT molecular complexity index is 549. The molecule has 3 amide bonds. The van der Waals surface area contributed by atoms with Gasteiger partial charge >= 0.3 is 6.03 Å². The number of ketones is 1. The minimum Gasteiger partial charge on any atom is -0.381 e. The number of Topliss-reactive ketones (excluding diaryl/α,β-unsaturated/α-hetero) is 1. The SMILES string of the molecule is CN1C(=O)N(C[C@H]2CCOC2)C2(CC3(CCC(=O)CC3)C2)C1=O. The fourth-order valence-electron chi connectivity index (χ4n) is 5.06. The molecule has 4 rings (SSSR count). The van der Waals surface area contributed by atoms with Gasteiger partial charge in [0.25, 0.3) is 5.91 Å². The van der Waals surface area contributed by atoms with Crippen molar-refractivity contribution in [2.24, 2.45) is 11.3 Å². The molecule has 6 nitrogen and oxygen atoms in total. The average molecular weight is 320 g/mol. The highest BCUT2D eigenvalue weighted by Gasteiger charge is 2.67. The van der Waals surface area contributed by atoms with Crippen molar-refractivity contribution in [1.82, 2.24) is 9.80 Å². The van der Waals surface area contributed by atoms with Gasteiger partial charge < -0.3 is 9.64 Å². The van der Waals surface area contributed by atoms with E-state index in [4.69, 9.17) is 4.74 Å². The molecule has 0 aromatic carbocycles. The highest BCUT2D eigenvalue weighted by atomic mass is 16.5. The van der Waals surface area contributed by atoms with Crippen molar-refractivity contribution in [3.05, 3.63) is 0 Å². The smallest absolute Gasteiger partial charge is 0.327 e. The van der Waals surface area contributed by atoms with Crippen molar-refractivity contribution in [1.29, 1.82) is 0 Å². The van der Waals surface area contributed by atoms with E-state index in [1.807, 2.05) is 4.90 Å². The van der Waals surface area contributed by atoms with Crippen LogP contribution in [0.3, 0.4) is 0 Å². The first-order valence-corrected chi connectivity index (χ1v) is 8.65. The molecule has 1 atom stereocenters. The van der Waals surface area contributed by atoms with Crippen LogP contribution in [-0.2, 0) is 14.3 Å². The molecule has 4 aliphatic rings. The maximum absolute atomic E-state index is 12.8. The Morgan fingerprint density at radius 1 is 1.17 bits per heavy atom. The molecule has 2 aliphatic carbocycles. The molecule has 0 N–H and O–H groups in total. The fraction of sp³-hybridized carbons (Fsp3) is 0.824. The first-order chi connectivity index (χ1) is 11.0. The van der Waals surface area contributed by atoms with E-state index in [0.29, 0.717) is 37.7 Å². The number of likely N-dealkylation sites (N-methyl/N-ethyl adjacent to an activating group) is 1. The summed E-state index contributed by atoms with van der Waals surface area (Å²) in [6.45, 7) is 2.04. The van der Waals surface area contributed by atoms with Gasteiger partial charge in [-0.3, -0.25) is 14.5 Å². The quantitative estimate of drug-likeness (QED) is 0.725. The van der Waals surface area contributed by atoms with Gasteiger partial charge in [-0.1, -0.05) is 0 Å². The van der Waals surface area contributed by atoms with Crippen molar-refractivity contribution in [3.8, 4) is 0 Å². The van der Waals surface area contributed by atoms with E-state index in [-0.39, 0.29) is 17.4 Å². The Labute approximate surface area is 136 Å². The van der Waals surface area contributed by atoms with Crippen LogP contribution in [-0.4, -0.2) is 59.9 Å². The molecule has 0 aromatic heterocycles. The first kappa shape index (κ1) is 15.1. The molecule has 2 saturated carbocycles. The van der Waals surface area contributed by atoms with Gasteiger partial charge in [0, 0.05) is 39.0 Å². The summed E-state index contributed by atoms with van der Waals surface area (Å²) in [7, 11) is 1.59. The zero-order chi connectivity index (χ0) is 16.2. The molecule has 2 spiro atoms. The van der Waals surface area contributed by atoms with Crippen LogP contribution in [0.2, 0.25) is 0 Å². The van der Waals surface area contributed by atoms with E-state index in [9.17, 15) is 14.4 Å². The fourth-order valence-corrected chi connectivity index (χ4v) is 5.06. The largest absolute Gasteiger partial charge is 0.381 e. The molecule has 4 fully saturated rings. The van der Waals surface area contributed by atoms with E-state index in [0.717, 1.165) is 38.7 Å². The average Bonchev–Trinajstić information content (AvgIpc) is 3.08. The summed E-state index contributed by atoms with van der Waals surface area (Å²) in [4.78, 5) is 39.9. The molecule has 0 aromatic rings. The van der Waals surface area contributed by atoms with Crippen LogP contribution in [0, 0.1) is 11.3 Å². The number of nitrogens with zero attached hydrogens (tertiary/aromatic N) is 2. The normalized spacial score (nSPS) is 32.2. The van der Waals surface area contributed by atoms with Crippen LogP contribution in [0.4, 0.5) is 4.79 Å². The standard InChI is InChI=1S/C17H24N2O4/c1-18-14(21)17(10-16(11-17)5-2-13(20)3-6-16)19(15(18)22)8-12-4-7-23-9-12/h12H,2-11H2,1H3/t12-/m1/s1. The zero-order valence-corrected chi connectivity index (χ0v) is 13.7. The summed E-state index contributed by atoms with van der Waals surface area (Å²) in [5.74, 6) is 0.617. The Hall–Kier alpha value is -1.43. The molecular formula is C17H24N2O4. The van der Waals surface area contributed by atoms with Gasteiger partial charge in [0.05, 0.1) is 6.61 Å². The minimum atomic E-state index is -0.644. The van der Waals surface area contributed by atoms with Gasteiger partial charge in [0.2, 0.25) is 0 Å². The lowest BCUT2D eigenvalue weighted by Gasteiger charge is -2.57. The topological polar surface area (TPSA) is 66.9 Å². The van der Waals surface area contributed by atoms with Gasteiger partial charge in [-0.2, -0.15) is 0 Å². The Morgan fingerprint density at radius 2 is 1.87 bits per heavy atom. The third-order valence-corrected chi connectivity index (χ3v) is 6.41. The third kappa shape index (κ3) is 2.14. The Balaban J connectivity index is 1.54. The highest BCUT2D eigenvalue weighted by molar-refractivity contribution is 6.07. The molecule has 2 saturated heterocycles. The maximum Gasteiger partial charge on any atom is 0.327 e. The van der Waals surface area contributed by atoms with Crippen molar-refractivity contribution in [3.63, 3.8) is 0 Å². The van der Waals surface area contributed by atoms with Crippen molar-refractivity contribution < 1.29 is 19.1 Å². The van der Waals surface area contributed by atoms with Crippen LogP contribution in [0.25, 0.3) is 0 Å². The Kier molecular flexibility index (Phi) is 3.31. The number of urea groups is 1. The summed E-state index contributed by atoms with van der Waals surface area (Å²) < 4.78 is 5.42. The summed E-state index contributed by atoms with van der Waals surface area (Å²) in [5, 5.41) is 0. The van der Waals surface area contributed by atoms with Crippen LogP contribution in [0.1, 0.15) is 44.9 Å². The monoisotopic (exact) mass is 320 g/mol. The molecule has 126 valence electrons. The molecule has 2 aliphatic heterocycles.